The quantitative estimate of drug-likeness (QED) is 0.651. The first kappa shape index (κ1) is 9.10. The molecule has 0 radical (unpaired) electrons. The number of hydrogen-bond acceptors (Lipinski definition) is 1. The van der Waals surface area contributed by atoms with Gasteiger partial charge >= 0.3 is 0 Å². The fraction of sp³-hybridized carbons (Fsp3) is 0.900. The van der Waals surface area contributed by atoms with Gasteiger partial charge in [-0.2, -0.15) is 0 Å². The van der Waals surface area contributed by atoms with Crippen LogP contribution in [-0.4, -0.2) is 11.7 Å². The van der Waals surface area contributed by atoms with Crippen LogP contribution in [0.3, 0.4) is 0 Å². The average molecular weight is 188 g/mol. The van der Waals surface area contributed by atoms with Crippen LogP contribution in [0, 0.1) is 11.8 Å². The SMILES string of the molecule is O=C(C1CCCCC1)[C@@H]1CC1(F)F. The second kappa shape index (κ2) is 3.03. The Kier molecular flexibility index (Phi) is 2.12. The van der Waals surface area contributed by atoms with Gasteiger partial charge in [-0.3, -0.25) is 4.79 Å². The van der Waals surface area contributed by atoms with Crippen molar-refractivity contribution in [1.29, 1.82) is 0 Å². The van der Waals surface area contributed by atoms with Gasteiger partial charge in [0, 0.05) is 12.3 Å². The molecule has 0 saturated heterocycles. The van der Waals surface area contributed by atoms with Gasteiger partial charge in [-0.15, -0.1) is 0 Å². The van der Waals surface area contributed by atoms with E-state index in [-0.39, 0.29) is 18.1 Å². The molecule has 2 saturated carbocycles. The van der Waals surface area contributed by atoms with Crippen LogP contribution in [0.2, 0.25) is 0 Å². The summed E-state index contributed by atoms with van der Waals surface area (Å²) in [5.41, 5.74) is 0. The Balaban J connectivity index is 1.90. The summed E-state index contributed by atoms with van der Waals surface area (Å²) in [4.78, 5) is 11.5. The zero-order valence-electron chi connectivity index (χ0n) is 7.56. The highest BCUT2D eigenvalue weighted by Gasteiger charge is 2.61. The second-order valence-electron chi connectivity index (χ2n) is 4.26. The van der Waals surface area contributed by atoms with Crippen LogP contribution in [0.1, 0.15) is 38.5 Å². The minimum atomic E-state index is -2.66. The molecular weight excluding hydrogens is 174 g/mol. The molecule has 0 spiro atoms. The summed E-state index contributed by atoms with van der Waals surface area (Å²) >= 11 is 0. The second-order valence-corrected chi connectivity index (χ2v) is 4.26. The van der Waals surface area contributed by atoms with Crippen molar-refractivity contribution in [2.24, 2.45) is 11.8 Å². The van der Waals surface area contributed by atoms with Gasteiger partial charge in [-0.25, -0.2) is 8.78 Å². The topological polar surface area (TPSA) is 17.1 Å². The zero-order chi connectivity index (χ0) is 9.47. The van der Waals surface area contributed by atoms with Crippen LogP contribution in [0.25, 0.3) is 0 Å². The number of carbonyl (C=O) groups excluding carboxylic acids is 1. The third-order valence-electron chi connectivity index (χ3n) is 3.18. The van der Waals surface area contributed by atoms with E-state index in [0.29, 0.717) is 0 Å². The Bertz CT molecular complexity index is 219. The zero-order valence-corrected chi connectivity index (χ0v) is 7.56. The Hall–Kier alpha value is -0.470. The van der Waals surface area contributed by atoms with Crippen LogP contribution in [-0.2, 0) is 4.79 Å². The summed E-state index contributed by atoms with van der Waals surface area (Å²) in [6, 6.07) is 0. The number of halogens is 2. The van der Waals surface area contributed by atoms with E-state index in [1.807, 2.05) is 0 Å². The number of carbonyl (C=O) groups is 1. The van der Waals surface area contributed by atoms with Gasteiger partial charge < -0.3 is 0 Å². The predicted octanol–water partition coefficient (Wildman–Crippen LogP) is 2.79. The lowest BCUT2D eigenvalue weighted by Crippen LogP contribution is -2.21. The standard InChI is InChI=1S/C10H14F2O/c11-10(12)6-8(10)9(13)7-4-2-1-3-5-7/h7-8H,1-6H2/t8-/m0/s1. The molecule has 0 heterocycles. The molecule has 0 N–H and O–H groups in total. The van der Waals surface area contributed by atoms with Crippen molar-refractivity contribution < 1.29 is 13.6 Å². The van der Waals surface area contributed by atoms with Crippen molar-refractivity contribution >= 4 is 5.78 Å². The molecule has 0 bridgehead atoms. The summed E-state index contributed by atoms with van der Waals surface area (Å²) in [6.07, 6.45) is 4.72. The van der Waals surface area contributed by atoms with Crippen LogP contribution in [0.15, 0.2) is 0 Å². The van der Waals surface area contributed by atoms with Crippen molar-refractivity contribution in [3.63, 3.8) is 0 Å². The van der Waals surface area contributed by atoms with Crippen LogP contribution in [0.5, 0.6) is 0 Å². The van der Waals surface area contributed by atoms with Crippen molar-refractivity contribution in [2.45, 2.75) is 44.4 Å². The minimum absolute atomic E-state index is 0.0490. The van der Waals surface area contributed by atoms with Crippen LogP contribution in [0.4, 0.5) is 8.78 Å². The average Bonchev–Trinajstić information content (AvgIpc) is 2.76. The summed E-state index contributed by atoms with van der Waals surface area (Å²) in [7, 11) is 0. The maximum Gasteiger partial charge on any atom is 0.258 e. The number of hydrogen-bond donors (Lipinski definition) is 0. The molecule has 2 fully saturated rings. The maximum absolute atomic E-state index is 12.6. The lowest BCUT2D eigenvalue weighted by molar-refractivity contribution is -0.127. The molecule has 2 aliphatic rings. The molecule has 0 aromatic carbocycles. The Morgan fingerprint density at radius 1 is 1.15 bits per heavy atom. The van der Waals surface area contributed by atoms with Crippen molar-refractivity contribution in [3.8, 4) is 0 Å². The number of ketones is 1. The predicted molar refractivity (Wildman–Crippen MR) is 44.6 cm³/mol. The van der Waals surface area contributed by atoms with E-state index < -0.39 is 11.8 Å². The smallest absolute Gasteiger partial charge is 0.258 e. The maximum atomic E-state index is 12.6. The van der Waals surface area contributed by atoms with Crippen molar-refractivity contribution in [2.75, 3.05) is 0 Å². The molecule has 1 nitrogen and oxygen atoms in total. The highest BCUT2D eigenvalue weighted by molar-refractivity contribution is 5.87. The highest BCUT2D eigenvalue weighted by Crippen LogP contribution is 2.51. The molecule has 0 unspecified atom stereocenters. The summed E-state index contributed by atoms with van der Waals surface area (Å²) in [5.74, 6) is -3.79. The van der Waals surface area contributed by atoms with Gasteiger partial charge in [0.15, 0.2) is 0 Å². The van der Waals surface area contributed by atoms with E-state index >= 15 is 0 Å². The first-order valence-corrected chi connectivity index (χ1v) is 5.03. The summed E-state index contributed by atoms with van der Waals surface area (Å²) in [6.45, 7) is 0. The molecule has 0 aliphatic heterocycles. The minimum Gasteiger partial charge on any atom is -0.299 e. The molecule has 74 valence electrons. The van der Waals surface area contributed by atoms with E-state index in [0.717, 1.165) is 32.1 Å². The van der Waals surface area contributed by atoms with Crippen LogP contribution >= 0.6 is 0 Å². The fourth-order valence-corrected chi connectivity index (χ4v) is 2.19. The number of rotatable bonds is 2. The number of Topliss-reactive ketones (excluding diaryl/α,β-unsaturated/α-hetero) is 1. The van der Waals surface area contributed by atoms with Crippen LogP contribution < -0.4 is 0 Å². The Labute approximate surface area is 76.5 Å². The van der Waals surface area contributed by atoms with Crippen molar-refractivity contribution in [1.82, 2.24) is 0 Å². The van der Waals surface area contributed by atoms with E-state index in [2.05, 4.69) is 0 Å². The monoisotopic (exact) mass is 188 g/mol. The lowest BCUT2D eigenvalue weighted by Gasteiger charge is -2.19. The normalized spacial score (nSPS) is 32.9. The first-order chi connectivity index (χ1) is 6.11. The third kappa shape index (κ3) is 1.74. The van der Waals surface area contributed by atoms with E-state index in [1.165, 1.54) is 0 Å². The van der Waals surface area contributed by atoms with E-state index in [1.54, 1.807) is 0 Å². The van der Waals surface area contributed by atoms with Gasteiger partial charge in [0.25, 0.3) is 5.92 Å². The molecule has 2 aliphatic carbocycles. The molecular formula is C10H14F2O. The Morgan fingerprint density at radius 2 is 1.69 bits per heavy atom. The fourth-order valence-electron chi connectivity index (χ4n) is 2.19. The summed E-state index contributed by atoms with van der Waals surface area (Å²) < 4.78 is 25.2. The number of alkyl halides is 2. The van der Waals surface area contributed by atoms with Gasteiger partial charge in [0.1, 0.15) is 5.78 Å². The van der Waals surface area contributed by atoms with Gasteiger partial charge in [0.2, 0.25) is 0 Å². The molecule has 3 heteroatoms. The van der Waals surface area contributed by atoms with Gasteiger partial charge in [-0.05, 0) is 12.8 Å². The molecule has 0 amide bonds. The first-order valence-electron chi connectivity index (χ1n) is 5.03. The lowest BCUT2D eigenvalue weighted by atomic mass is 9.84. The molecule has 13 heavy (non-hydrogen) atoms. The van der Waals surface area contributed by atoms with Gasteiger partial charge in [0.05, 0.1) is 5.92 Å². The van der Waals surface area contributed by atoms with E-state index in [9.17, 15) is 13.6 Å². The highest BCUT2D eigenvalue weighted by atomic mass is 19.3. The summed E-state index contributed by atoms with van der Waals surface area (Å²) in [5, 5.41) is 0. The van der Waals surface area contributed by atoms with E-state index in [4.69, 9.17) is 0 Å². The third-order valence-corrected chi connectivity index (χ3v) is 3.18. The Morgan fingerprint density at radius 3 is 2.15 bits per heavy atom. The molecule has 2 rings (SSSR count). The molecule has 1 atom stereocenters. The molecule has 0 aromatic heterocycles. The largest absolute Gasteiger partial charge is 0.299 e. The molecule has 0 aromatic rings. The van der Waals surface area contributed by atoms with Gasteiger partial charge in [-0.1, -0.05) is 19.3 Å². The van der Waals surface area contributed by atoms with Crippen molar-refractivity contribution in [3.05, 3.63) is 0 Å².